The van der Waals surface area contributed by atoms with Crippen molar-refractivity contribution in [2.45, 2.75) is 314 Å². The van der Waals surface area contributed by atoms with Crippen molar-refractivity contribution in [3.63, 3.8) is 0 Å². The second kappa shape index (κ2) is 239. The highest BCUT2D eigenvalue weighted by atomic mass is 16.4. The van der Waals surface area contributed by atoms with Crippen molar-refractivity contribution in [2.75, 3.05) is 21.1 Å². The normalized spacial score (nSPS) is 7.10. The van der Waals surface area contributed by atoms with Gasteiger partial charge in [-0.05, 0) is 61.2 Å². The van der Waals surface area contributed by atoms with E-state index < -0.39 is 12.0 Å². The lowest BCUT2D eigenvalue weighted by Gasteiger charge is -2.10. The fourth-order valence-electron chi connectivity index (χ4n) is 1.88. The monoisotopic (exact) mass is 902 g/mol. The van der Waals surface area contributed by atoms with Gasteiger partial charge in [0.25, 0.3) is 0 Å². The number of quaternary nitrogens is 1. The zero-order valence-electron chi connectivity index (χ0n) is 46.0. The molecule has 0 saturated heterocycles. The molecule has 5 N–H and O–H groups in total. The van der Waals surface area contributed by atoms with Gasteiger partial charge >= 0.3 is 0 Å². The smallest absolute Gasteiger partial charge is 0.146 e. The minimum Gasteiger partial charge on any atom is -0.544 e. The number of carbonyl (C=O) groups excluding carboxylic acids is 4. The lowest BCUT2D eigenvalue weighted by Crippen LogP contribution is -2.68. The molecular weight excluding hydrogens is 759 g/mol. The van der Waals surface area contributed by atoms with Crippen LogP contribution in [0, 0.1) is 0 Å². The van der Waals surface area contributed by atoms with E-state index in [1.165, 1.54) is 6.42 Å². The Hall–Kier alpha value is -1.64. The third-order valence-corrected chi connectivity index (χ3v) is 4.02. The van der Waals surface area contributed by atoms with Gasteiger partial charge in [0, 0.05) is 19.3 Å². The first-order valence-corrected chi connectivity index (χ1v) is 23.6. The largest absolute Gasteiger partial charge is 0.544 e. The van der Waals surface area contributed by atoms with E-state index in [0.29, 0.717) is 12.8 Å². The molecule has 2 unspecified atom stereocenters. The van der Waals surface area contributed by atoms with Gasteiger partial charge in [0.05, 0.1) is 12.0 Å². The molecule has 0 bridgehead atoms. The Morgan fingerprint density at radius 3 is 0.787 bits per heavy atom. The van der Waals surface area contributed by atoms with Crippen molar-refractivity contribution in [1.29, 1.82) is 0 Å². The van der Waals surface area contributed by atoms with Gasteiger partial charge in [-0.25, -0.2) is 0 Å². The molecule has 8 heteroatoms. The molecule has 0 rings (SSSR count). The quantitative estimate of drug-likeness (QED) is 0.177. The SMILES string of the molecule is C.C.C.C.C.CC.CC.CC.CC.CC.CC.CC.CC.CC.CC.CCC.CCC(C)=O.CCCC(C)=O.CCCCC(NC)C(C)=O.CCCCC([NH3+])C(=O)[O-].CNC. The van der Waals surface area contributed by atoms with Crippen molar-refractivity contribution < 1.29 is 30.0 Å². The Bertz CT molecular complexity index is 477. The molecule has 2 atom stereocenters. The highest BCUT2D eigenvalue weighted by molar-refractivity contribution is 5.81. The molecule has 0 spiro atoms. The minimum atomic E-state index is -1.04. The van der Waals surface area contributed by atoms with Crippen molar-refractivity contribution in [2.24, 2.45) is 0 Å². The van der Waals surface area contributed by atoms with Crippen molar-refractivity contribution in [1.82, 2.24) is 10.6 Å². The third-order valence-electron chi connectivity index (χ3n) is 4.02. The molecule has 61 heavy (non-hydrogen) atoms. The van der Waals surface area contributed by atoms with E-state index in [4.69, 9.17) is 0 Å². The van der Waals surface area contributed by atoms with E-state index in [9.17, 15) is 24.3 Å². The second-order valence-corrected chi connectivity index (χ2v) is 8.47. The van der Waals surface area contributed by atoms with E-state index in [1.807, 2.05) is 180 Å². The van der Waals surface area contributed by atoms with E-state index in [2.05, 4.69) is 37.1 Å². The molecule has 0 radical (unpaired) electrons. The first-order chi connectivity index (χ1) is 26.8. The minimum absolute atomic E-state index is 0. The summed E-state index contributed by atoms with van der Waals surface area (Å²) < 4.78 is 0. The molecule has 0 aliphatic heterocycles. The fraction of sp³-hybridized carbons (Fsp3) is 0.925. The number of carbonyl (C=O) groups is 4. The van der Waals surface area contributed by atoms with Crippen LogP contribution >= 0.6 is 0 Å². The first kappa shape index (κ1) is 137. The Morgan fingerprint density at radius 2 is 0.689 bits per heavy atom. The number of rotatable bonds is 12. The Balaban J connectivity index is -0.0000000154. The molecule has 0 aromatic heterocycles. The predicted molar refractivity (Wildman–Crippen MR) is 299 cm³/mol. The molecule has 0 heterocycles. The summed E-state index contributed by atoms with van der Waals surface area (Å²) in [6.45, 7) is 57.1. The molecule has 0 saturated carbocycles. The van der Waals surface area contributed by atoms with E-state index >= 15 is 0 Å². The van der Waals surface area contributed by atoms with Gasteiger partial charge in [-0.3, -0.25) is 4.79 Å². The van der Waals surface area contributed by atoms with Crippen LogP contribution in [0.3, 0.4) is 0 Å². The second-order valence-electron chi connectivity index (χ2n) is 8.47. The summed E-state index contributed by atoms with van der Waals surface area (Å²) in [6, 6.07) is -0.440. The number of hydrogen-bond acceptors (Lipinski definition) is 7. The van der Waals surface area contributed by atoms with Crippen LogP contribution in [-0.4, -0.2) is 56.5 Å². The average molecular weight is 903 g/mol. The zero-order valence-corrected chi connectivity index (χ0v) is 46.0. The Labute approximate surface area is 398 Å². The fourth-order valence-corrected chi connectivity index (χ4v) is 1.88. The van der Waals surface area contributed by atoms with E-state index in [-0.39, 0.29) is 60.5 Å². The van der Waals surface area contributed by atoms with Crippen molar-refractivity contribution in [3.8, 4) is 0 Å². The number of ketones is 3. The number of hydrogen-bond donors (Lipinski definition) is 3. The maximum Gasteiger partial charge on any atom is 0.146 e. The van der Waals surface area contributed by atoms with Crippen LogP contribution in [0.25, 0.3) is 0 Å². The summed E-state index contributed by atoms with van der Waals surface area (Å²) in [6.07, 6.45) is 9.47. The third kappa shape index (κ3) is 406. The summed E-state index contributed by atoms with van der Waals surface area (Å²) in [5.41, 5.74) is 3.41. The zero-order chi connectivity index (χ0) is 49.9. The van der Waals surface area contributed by atoms with Crippen LogP contribution in [0.1, 0.15) is 302 Å². The topological polar surface area (TPSA) is 143 Å². The molecule has 0 fully saturated rings. The van der Waals surface area contributed by atoms with Gasteiger partial charge in [0.2, 0.25) is 0 Å². The number of carboxylic acid groups (broad SMARTS) is 1. The maximum atomic E-state index is 10.8. The number of carboxylic acids is 1. The highest BCUT2D eigenvalue weighted by Crippen LogP contribution is 2.00. The van der Waals surface area contributed by atoms with Gasteiger partial charge in [0.1, 0.15) is 23.4 Å². The number of aliphatic carboxylic acids is 1. The van der Waals surface area contributed by atoms with Gasteiger partial charge in [-0.15, -0.1) is 0 Å². The number of likely N-dealkylation sites (N-methyl/N-ethyl adjacent to an activating group) is 1. The van der Waals surface area contributed by atoms with Crippen LogP contribution < -0.4 is 21.5 Å². The van der Waals surface area contributed by atoms with Gasteiger partial charge in [-0.2, -0.15) is 0 Å². The summed E-state index contributed by atoms with van der Waals surface area (Å²) >= 11 is 0. The average Bonchev–Trinajstić information content (AvgIpc) is 3.25. The first-order valence-electron chi connectivity index (χ1n) is 23.6. The molecule has 0 aromatic rings. The van der Waals surface area contributed by atoms with Crippen LogP contribution in [0.2, 0.25) is 0 Å². The van der Waals surface area contributed by atoms with Crippen LogP contribution in [0.5, 0.6) is 0 Å². The Kier molecular flexibility index (Phi) is 538. The lowest BCUT2D eigenvalue weighted by atomic mass is 10.1. The van der Waals surface area contributed by atoms with Crippen molar-refractivity contribution >= 4 is 23.3 Å². The maximum absolute atomic E-state index is 10.8. The molecular formula is C53H143N3O5. The van der Waals surface area contributed by atoms with Crippen molar-refractivity contribution in [3.05, 3.63) is 0 Å². The van der Waals surface area contributed by atoms with E-state index in [0.717, 1.165) is 44.9 Å². The summed E-state index contributed by atoms with van der Waals surface area (Å²) in [5.74, 6) is -0.248. The summed E-state index contributed by atoms with van der Waals surface area (Å²) in [4.78, 5) is 40.7. The highest BCUT2D eigenvalue weighted by Gasteiger charge is 2.09. The standard InChI is InChI=1S/C8H17NO.C6H13NO2.C5H10O.C4H8O.C3H8.C2H7N.10C2H6.5CH4/c1-4-5-6-8(9-3)7(2)10;1-2-3-4-5(7)6(8)9;1-3-4-5(2)6;1-3-4(2)5;2*1-3-2;10*1-2;;;;;/h8-9H,4-6H2,1-3H3;5H,2-4,7H2,1H3,(H,8,9);3-4H2,1-2H3;3H2,1-2H3;3H2,1-2H3;3H,1-2H3;10*1-2H3;5*1H4. The van der Waals surface area contributed by atoms with Gasteiger partial charge < -0.3 is 35.9 Å². The molecule has 400 valence electrons. The molecule has 0 amide bonds. The number of Topliss-reactive ketones (excluding diaryl/α,β-unsaturated/α-hetero) is 3. The van der Waals surface area contributed by atoms with Gasteiger partial charge in [-0.1, -0.05) is 243 Å². The number of nitrogens with one attached hydrogen (secondary N) is 2. The van der Waals surface area contributed by atoms with Crippen LogP contribution in [-0.2, 0) is 19.2 Å². The molecule has 0 aromatic carbocycles. The van der Waals surface area contributed by atoms with Crippen LogP contribution in [0.4, 0.5) is 0 Å². The van der Waals surface area contributed by atoms with Gasteiger partial charge in [0.15, 0.2) is 0 Å². The van der Waals surface area contributed by atoms with Crippen LogP contribution in [0.15, 0.2) is 0 Å². The van der Waals surface area contributed by atoms with E-state index in [1.54, 1.807) is 20.8 Å². The summed E-state index contributed by atoms with van der Waals surface area (Å²) in [5, 5.41) is 15.8. The summed E-state index contributed by atoms with van der Waals surface area (Å²) in [7, 11) is 5.59. The Morgan fingerprint density at radius 1 is 0.475 bits per heavy atom. The molecule has 0 aliphatic carbocycles. The molecule has 8 nitrogen and oxygen atoms in total. The number of unbranched alkanes of at least 4 members (excludes halogenated alkanes) is 2. The molecule has 0 aliphatic rings. The lowest BCUT2D eigenvalue weighted by molar-refractivity contribution is -0.438. The predicted octanol–water partition coefficient (Wildman–Crippen LogP) is 16.9.